The zero-order chi connectivity index (χ0) is 13.0. The van der Waals surface area contributed by atoms with Crippen LogP contribution in [0.3, 0.4) is 0 Å². The molecule has 0 saturated carbocycles. The molecule has 0 radical (unpaired) electrons. The monoisotopic (exact) mass is 267 g/mol. The average Bonchev–Trinajstić information content (AvgIpc) is 2.82. The molecule has 2 N–H and O–H groups in total. The number of fused-ring (bicyclic) bond motifs is 1. The molecule has 0 spiro atoms. The van der Waals surface area contributed by atoms with Crippen LogP contribution in [-0.4, -0.2) is 33.9 Å². The van der Waals surface area contributed by atoms with E-state index in [2.05, 4.69) is 17.2 Å². The number of thiophene rings is 1. The van der Waals surface area contributed by atoms with Gasteiger partial charge in [0.15, 0.2) is 0 Å². The molecule has 5 nitrogen and oxygen atoms in total. The Labute approximate surface area is 109 Å². The van der Waals surface area contributed by atoms with Gasteiger partial charge in [-0.3, -0.25) is 9.36 Å². The summed E-state index contributed by atoms with van der Waals surface area (Å²) in [6, 6.07) is 1.77. The molecular weight excluding hydrogens is 250 g/mol. The van der Waals surface area contributed by atoms with Crippen molar-refractivity contribution < 1.29 is 5.11 Å². The van der Waals surface area contributed by atoms with Crippen molar-refractivity contribution in [3.05, 3.63) is 28.1 Å². The zero-order valence-corrected chi connectivity index (χ0v) is 11.1. The molecule has 98 valence electrons. The third kappa shape index (κ3) is 2.95. The van der Waals surface area contributed by atoms with E-state index in [4.69, 9.17) is 0 Å². The minimum Gasteiger partial charge on any atom is -0.390 e. The van der Waals surface area contributed by atoms with E-state index in [1.54, 1.807) is 6.07 Å². The van der Waals surface area contributed by atoms with Crippen LogP contribution in [0.15, 0.2) is 22.6 Å². The van der Waals surface area contributed by atoms with Crippen molar-refractivity contribution in [1.82, 2.24) is 14.9 Å². The third-order valence-electron chi connectivity index (χ3n) is 2.66. The van der Waals surface area contributed by atoms with Crippen LogP contribution in [0.4, 0.5) is 0 Å². The summed E-state index contributed by atoms with van der Waals surface area (Å²) in [5.74, 6) is 0. The van der Waals surface area contributed by atoms with Crippen LogP contribution in [-0.2, 0) is 6.54 Å². The van der Waals surface area contributed by atoms with Crippen LogP contribution in [0.2, 0.25) is 0 Å². The van der Waals surface area contributed by atoms with Crippen LogP contribution in [0.1, 0.15) is 13.3 Å². The number of rotatable bonds is 6. The Balaban J connectivity index is 2.07. The van der Waals surface area contributed by atoms with E-state index in [-0.39, 0.29) is 12.1 Å². The van der Waals surface area contributed by atoms with E-state index >= 15 is 0 Å². The smallest absolute Gasteiger partial charge is 0.262 e. The largest absolute Gasteiger partial charge is 0.390 e. The number of nitrogens with one attached hydrogen (secondary N) is 1. The highest BCUT2D eigenvalue weighted by Gasteiger charge is 2.09. The molecule has 2 heterocycles. The van der Waals surface area contributed by atoms with Crippen molar-refractivity contribution >= 4 is 21.6 Å². The fraction of sp³-hybridized carbons (Fsp3) is 0.500. The van der Waals surface area contributed by atoms with Gasteiger partial charge in [-0.25, -0.2) is 4.98 Å². The van der Waals surface area contributed by atoms with Crippen molar-refractivity contribution in [1.29, 1.82) is 0 Å². The zero-order valence-electron chi connectivity index (χ0n) is 10.3. The first-order valence-corrected chi connectivity index (χ1v) is 6.91. The van der Waals surface area contributed by atoms with Gasteiger partial charge in [-0.05, 0) is 24.4 Å². The quantitative estimate of drug-likeness (QED) is 0.760. The summed E-state index contributed by atoms with van der Waals surface area (Å²) in [6.07, 6.45) is 1.95. The molecular formula is C12H17N3O2S. The SMILES string of the molecule is CCCNCC(O)Cn1cnc2sccc2c1=O. The minimum atomic E-state index is -0.577. The van der Waals surface area contributed by atoms with E-state index in [9.17, 15) is 9.90 Å². The van der Waals surface area contributed by atoms with Gasteiger partial charge in [-0.1, -0.05) is 6.92 Å². The Morgan fingerprint density at radius 1 is 1.61 bits per heavy atom. The summed E-state index contributed by atoms with van der Waals surface area (Å²) in [7, 11) is 0. The highest BCUT2D eigenvalue weighted by Crippen LogP contribution is 2.13. The first-order chi connectivity index (χ1) is 8.72. The first-order valence-electron chi connectivity index (χ1n) is 6.03. The number of aliphatic hydroxyl groups excluding tert-OH is 1. The molecule has 2 rings (SSSR count). The number of hydrogen-bond donors (Lipinski definition) is 2. The summed E-state index contributed by atoms with van der Waals surface area (Å²) in [4.78, 5) is 17.0. The third-order valence-corrected chi connectivity index (χ3v) is 3.49. The summed E-state index contributed by atoms with van der Waals surface area (Å²) in [5.41, 5.74) is -0.0872. The minimum absolute atomic E-state index is 0.0872. The summed E-state index contributed by atoms with van der Waals surface area (Å²) in [5, 5.41) is 15.4. The van der Waals surface area contributed by atoms with Gasteiger partial charge >= 0.3 is 0 Å². The number of nitrogens with zero attached hydrogens (tertiary/aromatic N) is 2. The van der Waals surface area contributed by atoms with Crippen LogP contribution in [0.25, 0.3) is 10.2 Å². The molecule has 0 aliphatic heterocycles. The molecule has 0 saturated heterocycles. The van der Waals surface area contributed by atoms with E-state index in [0.29, 0.717) is 11.9 Å². The van der Waals surface area contributed by atoms with Gasteiger partial charge in [0.2, 0.25) is 0 Å². The standard InChI is InChI=1S/C12H17N3O2S/c1-2-4-13-6-9(16)7-15-8-14-11-10(12(15)17)3-5-18-11/h3,5,8-9,13,16H,2,4,6-7H2,1H3. The van der Waals surface area contributed by atoms with Gasteiger partial charge in [0, 0.05) is 6.54 Å². The highest BCUT2D eigenvalue weighted by molar-refractivity contribution is 7.16. The fourth-order valence-corrected chi connectivity index (χ4v) is 2.48. The molecule has 0 fully saturated rings. The lowest BCUT2D eigenvalue weighted by atomic mass is 10.3. The molecule has 1 atom stereocenters. The van der Waals surface area contributed by atoms with E-state index in [1.807, 2.05) is 5.38 Å². The molecule has 6 heteroatoms. The van der Waals surface area contributed by atoms with Gasteiger partial charge < -0.3 is 10.4 Å². The molecule has 0 aliphatic rings. The van der Waals surface area contributed by atoms with Crippen molar-refractivity contribution in [2.45, 2.75) is 26.0 Å². The second-order valence-corrected chi connectivity index (χ2v) is 5.09. The first kappa shape index (κ1) is 13.2. The van der Waals surface area contributed by atoms with Crippen LogP contribution in [0, 0.1) is 0 Å². The average molecular weight is 267 g/mol. The molecule has 0 amide bonds. The van der Waals surface area contributed by atoms with Gasteiger partial charge in [0.25, 0.3) is 5.56 Å². The van der Waals surface area contributed by atoms with Crippen LogP contribution < -0.4 is 10.9 Å². The molecule has 18 heavy (non-hydrogen) atoms. The highest BCUT2D eigenvalue weighted by atomic mass is 32.1. The van der Waals surface area contributed by atoms with Crippen molar-refractivity contribution in [2.24, 2.45) is 0 Å². The Bertz CT molecular complexity index is 564. The lowest BCUT2D eigenvalue weighted by Gasteiger charge is -2.12. The molecule has 2 aromatic heterocycles. The van der Waals surface area contributed by atoms with Crippen LogP contribution >= 0.6 is 11.3 Å². The van der Waals surface area contributed by atoms with Crippen molar-refractivity contribution in [3.63, 3.8) is 0 Å². The maximum absolute atomic E-state index is 12.1. The molecule has 0 aromatic carbocycles. The predicted octanol–water partition coefficient (Wildman–Crippen LogP) is 0.818. The predicted molar refractivity (Wildman–Crippen MR) is 73.0 cm³/mol. The van der Waals surface area contributed by atoms with Gasteiger partial charge in [-0.2, -0.15) is 0 Å². The van der Waals surface area contributed by atoms with E-state index < -0.39 is 6.10 Å². The van der Waals surface area contributed by atoms with E-state index in [1.165, 1.54) is 22.2 Å². The van der Waals surface area contributed by atoms with Gasteiger partial charge in [-0.15, -0.1) is 11.3 Å². The maximum atomic E-state index is 12.1. The van der Waals surface area contributed by atoms with Crippen molar-refractivity contribution in [3.8, 4) is 0 Å². The Morgan fingerprint density at radius 2 is 2.44 bits per heavy atom. The second-order valence-electron chi connectivity index (χ2n) is 4.20. The lowest BCUT2D eigenvalue weighted by Crippen LogP contribution is -2.34. The molecule has 2 aromatic rings. The maximum Gasteiger partial charge on any atom is 0.262 e. The fourth-order valence-electron chi connectivity index (χ4n) is 1.76. The summed E-state index contributed by atoms with van der Waals surface area (Å²) < 4.78 is 1.47. The molecule has 0 aliphatic carbocycles. The Hall–Kier alpha value is -1.24. The number of aliphatic hydroxyl groups is 1. The van der Waals surface area contributed by atoms with Gasteiger partial charge in [0.05, 0.1) is 24.4 Å². The molecule has 1 unspecified atom stereocenters. The van der Waals surface area contributed by atoms with Crippen LogP contribution in [0.5, 0.6) is 0 Å². The topological polar surface area (TPSA) is 67.2 Å². The Kier molecular flexibility index (Phi) is 4.46. The molecule has 0 bridgehead atoms. The van der Waals surface area contributed by atoms with Gasteiger partial charge in [0.1, 0.15) is 4.83 Å². The second kappa shape index (κ2) is 6.08. The lowest BCUT2D eigenvalue weighted by molar-refractivity contribution is 0.150. The van der Waals surface area contributed by atoms with E-state index in [0.717, 1.165) is 17.8 Å². The summed E-state index contributed by atoms with van der Waals surface area (Å²) >= 11 is 1.45. The number of hydrogen-bond acceptors (Lipinski definition) is 5. The summed E-state index contributed by atoms with van der Waals surface area (Å²) in [6.45, 7) is 3.70. The normalized spacial score (nSPS) is 13.0. The van der Waals surface area contributed by atoms with Crippen molar-refractivity contribution in [2.75, 3.05) is 13.1 Å². The number of aromatic nitrogens is 2. The Morgan fingerprint density at radius 3 is 3.22 bits per heavy atom.